The van der Waals surface area contributed by atoms with Crippen LogP contribution in [0.3, 0.4) is 0 Å². The van der Waals surface area contributed by atoms with E-state index in [4.69, 9.17) is 16.2 Å². The first-order valence-electron chi connectivity index (χ1n) is 4.65. The summed E-state index contributed by atoms with van der Waals surface area (Å²) in [5.41, 5.74) is 6.31. The number of benzene rings is 1. The normalized spacial score (nSPS) is 9.56. The molecule has 0 saturated heterocycles. The quantitative estimate of drug-likeness (QED) is 0.370. The van der Waals surface area contributed by atoms with Gasteiger partial charge in [-0.15, -0.1) is 12.4 Å². The molecule has 0 heterocycles. The maximum absolute atomic E-state index is 11.2. The molecule has 0 aliphatic rings. The molecule has 0 spiro atoms. The van der Waals surface area contributed by atoms with Crippen LogP contribution in [0.5, 0.6) is 0 Å². The molecule has 0 aromatic heterocycles. The first-order valence-corrected chi connectivity index (χ1v) is 4.65. The SMILES string of the molecule is Cl.N=C(N)c1ccc(NC(=O)/C=C/C(=O)O)cc1. The van der Waals surface area contributed by atoms with Gasteiger partial charge in [-0.05, 0) is 24.3 Å². The van der Waals surface area contributed by atoms with Gasteiger partial charge in [0.25, 0.3) is 0 Å². The summed E-state index contributed by atoms with van der Waals surface area (Å²) in [4.78, 5) is 21.4. The molecule has 6 nitrogen and oxygen atoms in total. The van der Waals surface area contributed by atoms with Gasteiger partial charge in [-0.1, -0.05) is 0 Å². The van der Waals surface area contributed by atoms with E-state index in [-0.39, 0.29) is 18.2 Å². The van der Waals surface area contributed by atoms with E-state index in [0.717, 1.165) is 12.2 Å². The van der Waals surface area contributed by atoms with Crippen molar-refractivity contribution in [2.45, 2.75) is 0 Å². The molecule has 96 valence electrons. The molecule has 7 heteroatoms. The van der Waals surface area contributed by atoms with Gasteiger partial charge in [0.15, 0.2) is 0 Å². The van der Waals surface area contributed by atoms with E-state index >= 15 is 0 Å². The number of nitrogen functional groups attached to an aromatic ring is 1. The van der Waals surface area contributed by atoms with E-state index in [1.54, 1.807) is 24.3 Å². The van der Waals surface area contributed by atoms with Gasteiger partial charge >= 0.3 is 5.97 Å². The number of nitrogens with one attached hydrogen (secondary N) is 2. The minimum atomic E-state index is -1.19. The third kappa shape index (κ3) is 5.13. The van der Waals surface area contributed by atoms with Crippen molar-refractivity contribution in [1.82, 2.24) is 0 Å². The predicted octanol–water partition coefficient (Wildman–Crippen LogP) is 0.972. The largest absolute Gasteiger partial charge is 0.478 e. The van der Waals surface area contributed by atoms with Crippen molar-refractivity contribution in [2.75, 3.05) is 5.32 Å². The molecular weight excluding hydrogens is 258 g/mol. The van der Waals surface area contributed by atoms with Crippen LogP contribution in [0, 0.1) is 5.41 Å². The Bertz CT molecular complexity index is 483. The second kappa shape index (κ2) is 7.08. The fraction of sp³-hybridized carbons (Fsp3) is 0. The van der Waals surface area contributed by atoms with Crippen LogP contribution in [0.2, 0.25) is 0 Å². The lowest BCUT2D eigenvalue weighted by Gasteiger charge is -2.03. The number of hydrogen-bond acceptors (Lipinski definition) is 3. The summed E-state index contributed by atoms with van der Waals surface area (Å²) in [5.74, 6) is -1.79. The van der Waals surface area contributed by atoms with Crippen LogP contribution in [-0.2, 0) is 9.59 Å². The zero-order valence-corrected chi connectivity index (χ0v) is 10.0. The van der Waals surface area contributed by atoms with Crippen LogP contribution in [0.25, 0.3) is 0 Å². The lowest BCUT2D eigenvalue weighted by Crippen LogP contribution is -2.12. The summed E-state index contributed by atoms with van der Waals surface area (Å²) in [7, 11) is 0. The number of carbonyl (C=O) groups is 2. The summed E-state index contributed by atoms with van der Waals surface area (Å²) in [6.07, 6.45) is 1.67. The number of hydrogen-bond donors (Lipinski definition) is 4. The Balaban J connectivity index is 0.00000289. The first kappa shape index (κ1) is 15.7. The fourth-order valence-electron chi connectivity index (χ4n) is 1.06. The van der Waals surface area contributed by atoms with Gasteiger partial charge in [-0.25, -0.2) is 4.79 Å². The lowest BCUT2D eigenvalue weighted by molar-refractivity contribution is -0.131. The van der Waals surface area contributed by atoms with Crippen molar-refractivity contribution in [2.24, 2.45) is 5.73 Å². The van der Waals surface area contributed by atoms with Crippen LogP contribution in [0.4, 0.5) is 5.69 Å². The van der Waals surface area contributed by atoms with Crippen LogP contribution < -0.4 is 11.1 Å². The molecule has 0 fully saturated rings. The zero-order valence-electron chi connectivity index (χ0n) is 9.21. The van der Waals surface area contributed by atoms with Gasteiger partial charge < -0.3 is 16.2 Å². The Morgan fingerprint density at radius 3 is 2.22 bits per heavy atom. The third-order valence-electron chi connectivity index (χ3n) is 1.84. The van der Waals surface area contributed by atoms with Gasteiger partial charge in [0.2, 0.25) is 5.91 Å². The van der Waals surface area contributed by atoms with Crippen molar-refractivity contribution in [3.63, 3.8) is 0 Å². The van der Waals surface area contributed by atoms with E-state index in [2.05, 4.69) is 5.32 Å². The number of rotatable bonds is 4. The topological polar surface area (TPSA) is 116 Å². The van der Waals surface area contributed by atoms with Crippen molar-refractivity contribution in [3.8, 4) is 0 Å². The van der Waals surface area contributed by atoms with Gasteiger partial charge in [0.1, 0.15) is 5.84 Å². The molecule has 1 aromatic rings. The molecular formula is C11H12ClN3O3. The van der Waals surface area contributed by atoms with Gasteiger partial charge in [-0.3, -0.25) is 10.2 Å². The molecule has 0 aliphatic heterocycles. The van der Waals surface area contributed by atoms with E-state index in [1.165, 1.54) is 0 Å². The number of carboxylic acid groups (broad SMARTS) is 1. The van der Waals surface area contributed by atoms with E-state index in [9.17, 15) is 9.59 Å². The average Bonchev–Trinajstić information content (AvgIpc) is 2.27. The third-order valence-corrected chi connectivity index (χ3v) is 1.84. The van der Waals surface area contributed by atoms with E-state index < -0.39 is 11.9 Å². The molecule has 5 N–H and O–H groups in total. The highest BCUT2D eigenvalue weighted by Gasteiger charge is 2.00. The second-order valence-electron chi connectivity index (χ2n) is 3.15. The Morgan fingerprint density at radius 2 is 1.78 bits per heavy atom. The molecule has 1 aromatic carbocycles. The van der Waals surface area contributed by atoms with Crippen LogP contribution >= 0.6 is 12.4 Å². The average molecular weight is 270 g/mol. The Kier molecular flexibility index (Phi) is 6.16. The van der Waals surface area contributed by atoms with Gasteiger partial charge in [0, 0.05) is 23.4 Å². The predicted molar refractivity (Wildman–Crippen MR) is 70.1 cm³/mol. The van der Waals surface area contributed by atoms with Crippen molar-refractivity contribution < 1.29 is 14.7 Å². The number of halogens is 1. The molecule has 1 rings (SSSR count). The lowest BCUT2D eigenvalue weighted by atomic mass is 10.2. The highest BCUT2D eigenvalue weighted by Crippen LogP contribution is 2.08. The number of nitrogens with two attached hydrogens (primary N) is 1. The molecule has 0 bridgehead atoms. The smallest absolute Gasteiger partial charge is 0.328 e. The van der Waals surface area contributed by atoms with Crippen LogP contribution in [0.1, 0.15) is 5.56 Å². The van der Waals surface area contributed by atoms with E-state index in [0.29, 0.717) is 11.3 Å². The Morgan fingerprint density at radius 1 is 1.22 bits per heavy atom. The van der Waals surface area contributed by atoms with Crippen LogP contribution in [-0.4, -0.2) is 22.8 Å². The number of carboxylic acids is 1. The second-order valence-corrected chi connectivity index (χ2v) is 3.15. The van der Waals surface area contributed by atoms with Crippen molar-refractivity contribution in [3.05, 3.63) is 42.0 Å². The highest BCUT2D eigenvalue weighted by molar-refractivity contribution is 6.02. The minimum absolute atomic E-state index is 0. The minimum Gasteiger partial charge on any atom is -0.478 e. The molecule has 0 atom stereocenters. The van der Waals surface area contributed by atoms with Crippen molar-refractivity contribution >= 4 is 35.8 Å². The number of amides is 1. The molecule has 0 unspecified atom stereocenters. The molecule has 18 heavy (non-hydrogen) atoms. The fourth-order valence-corrected chi connectivity index (χ4v) is 1.06. The maximum atomic E-state index is 11.2. The summed E-state index contributed by atoms with van der Waals surface area (Å²) in [6.45, 7) is 0. The monoisotopic (exact) mass is 269 g/mol. The number of carbonyl (C=O) groups excluding carboxylic acids is 1. The number of aliphatic carboxylic acids is 1. The number of anilines is 1. The van der Waals surface area contributed by atoms with Gasteiger partial charge in [-0.2, -0.15) is 0 Å². The van der Waals surface area contributed by atoms with Crippen LogP contribution in [0.15, 0.2) is 36.4 Å². The van der Waals surface area contributed by atoms with E-state index in [1.807, 2.05) is 0 Å². The Hall–Kier alpha value is -2.34. The zero-order chi connectivity index (χ0) is 12.8. The summed E-state index contributed by atoms with van der Waals surface area (Å²) in [5, 5.41) is 18.0. The number of amidine groups is 1. The van der Waals surface area contributed by atoms with Gasteiger partial charge in [0.05, 0.1) is 0 Å². The highest BCUT2D eigenvalue weighted by atomic mass is 35.5. The first-order chi connectivity index (χ1) is 7.99. The molecule has 0 radical (unpaired) electrons. The molecule has 1 amide bonds. The summed E-state index contributed by atoms with van der Waals surface area (Å²) in [6, 6.07) is 6.31. The van der Waals surface area contributed by atoms with Crippen molar-refractivity contribution in [1.29, 1.82) is 5.41 Å². The summed E-state index contributed by atoms with van der Waals surface area (Å²) < 4.78 is 0. The maximum Gasteiger partial charge on any atom is 0.328 e. The Labute approximate surface area is 109 Å². The molecule has 0 aliphatic carbocycles. The standard InChI is InChI=1S/C11H11N3O3.ClH/c12-11(13)7-1-3-8(4-2-7)14-9(15)5-6-10(16)17;/h1-6H,(H3,12,13)(H,14,15)(H,16,17);1H/b6-5+;. The summed E-state index contributed by atoms with van der Waals surface area (Å²) >= 11 is 0. The molecule has 0 saturated carbocycles.